The van der Waals surface area contributed by atoms with Crippen LogP contribution in [0.4, 0.5) is 0 Å². The number of likely N-dealkylation sites (tertiary alicyclic amines) is 1. The molecule has 2 saturated heterocycles. The molecule has 9 unspecified atom stereocenters. The van der Waals surface area contributed by atoms with Crippen LogP contribution >= 0.6 is 0 Å². The molecule has 43 heavy (non-hydrogen) atoms. The standard InChI is InChI=1S/C33H51N3O2.C2H4O.C2H6/c1-21-16-28-27(36(19-21)15-14-35-29(37)22(2)34-5)18-33(38-28)13-11-25-24-10-9-23-8-6-7-12-30(23,3)26(24)17-32(25)20-31(32,33)4;1-2-3;1-2/h8,21,24-28,34H,2,6-7,9-20H2,1,3-5H3,(H,35,37);2H,1H3;1-2H3/t21?,24?,25-,26?,27?,28?,30?,31?,32?,33?;;/m0../s1. The van der Waals surface area contributed by atoms with Crippen LogP contribution in [0.2, 0.25) is 0 Å². The molecule has 0 aromatic rings. The van der Waals surface area contributed by atoms with Crippen LogP contribution in [0.1, 0.15) is 112 Å². The number of hydrogen-bond donors (Lipinski definition) is 2. The first-order valence-corrected chi connectivity index (χ1v) is 17.7. The number of amides is 1. The van der Waals surface area contributed by atoms with E-state index in [1.165, 1.54) is 77.6 Å². The number of piperidine rings is 1. The maximum absolute atomic E-state index is 12.2. The first-order chi connectivity index (χ1) is 20.6. The molecule has 0 bridgehead atoms. The second-order valence-corrected chi connectivity index (χ2v) is 15.3. The molecular weight excluding hydrogens is 534 g/mol. The van der Waals surface area contributed by atoms with E-state index in [1.807, 2.05) is 19.4 Å². The van der Waals surface area contributed by atoms with Crippen LogP contribution in [0.25, 0.3) is 0 Å². The van der Waals surface area contributed by atoms with Crippen molar-refractivity contribution in [3.8, 4) is 0 Å². The average molecular weight is 596 g/mol. The molecule has 10 atom stereocenters. The summed E-state index contributed by atoms with van der Waals surface area (Å²) in [5, 5.41) is 5.93. The molecule has 5 aliphatic carbocycles. The Kier molecular flexibility index (Phi) is 9.34. The molecule has 242 valence electrons. The van der Waals surface area contributed by atoms with Crippen molar-refractivity contribution in [1.82, 2.24) is 15.5 Å². The number of nitrogens with one attached hydrogen (secondary N) is 2. The van der Waals surface area contributed by atoms with E-state index >= 15 is 0 Å². The molecule has 0 aromatic carbocycles. The summed E-state index contributed by atoms with van der Waals surface area (Å²) in [6.45, 7) is 19.6. The van der Waals surface area contributed by atoms with Gasteiger partial charge < -0.3 is 20.2 Å². The molecule has 7 rings (SSSR count). The monoisotopic (exact) mass is 595 g/mol. The number of aldehydes is 1. The minimum atomic E-state index is -0.0913. The zero-order valence-electron chi connectivity index (χ0n) is 28.4. The third-order valence-corrected chi connectivity index (χ3v) is 13.7. The number of ether oxygens (including phenoxy) is 1. The molecule has 2 spiro atoms. The van der Waals surface area contributed by atoms with Crippen molar-refractivity contribution in [2.24, 2.45) is 39.9 Å². The fraction of sp³-hybridized carbons (Fsp3) is 0.838. The van der Waals surface area contributed by atoms with Crippen LogP contribution in [-0.4, -0.2) is 61.5 Å². The Hall–Kier alpha value is -1.66. The molecule has 6 fully saturated rings. The summed E-state index contributed by atoms with van der Waals surface area (Å²) < 4.78 is 7.36. The van der Waals surface area contributed by atoms with Crippen molar-refractivity contribution in [3.05, 3.63) is 23.9 Å². The van der Waals surface area contributed by atoms with Crippen LogP contribution in [0, 0.1) is 39.9 Å². The highest BCUT2D eigenvalue weighted by molar-refractivity contribution is 5.92. The largest absolute Gasteiger partial charge is 0.384 e. The van der Waals surface area contributed by atoms with Crippen molar-refractivity contribution in [2.75, 3.05) is 26.7 Å². The highest BCUT2D eigenvalue weighted by Crippen LogP contribution is 2.86. The fourth-order valence-corrected chi connectivity index (χ4v) is 11.7. The van der Waals surface area contributed by atoms with Crippen LogP contribution in [0.3, 0.4) is 0 Å². The number of nitrogens with zero attached hydrogens (tertiary/aromatic N) is 1. The zero-order chi connectivity index (χ0) is 31.2. The van der Waals surface area contributed by atoms with E-state index in [0.717, 1.165) is 37.1 Å². The molecule has 2 N–H and O–H groups in total. The van der Waals surface area contributed by atoms with Crippen molar-refractivity contribution >= 4 is 12.2 Å². The number of likely N-dealkylation sites (N-methyl/N-ethyl adjacent to an activating group) is 1. The van der Waals surface area contributed by atoms with Crippen LogP contribution in [0.5, 0.6) is 0 Å². The fourth-order valence-electron chi connectivity index (χ4n) is 11.7. The number of rotatable bonds is 5. The van der Waals surface area contributed by atoms with Gasteiger partial charge in [0, 0.05) is 38.1 Å². The summed E-state index contributed by atoms with van der Waals surface area (Å²) in [5.41, 5.74) is 3.68. The summed E-state index contributed by atoms with van der Waals surface area (Å²) in [6.07, 6.45) is 18.6. The molecule has 0 aromatic heterocycles. The molecule has 0 radical (unpaired) electrons. The molecular formula is C37H61N3O3. The number of carbonyl (C=O) groups excluding carboxylic acids is 2. The Bertz CT molecular complexity index is 1100. The van der Waals surface area contributed by atoms with Gasteiger partial charge in [0.25, 0.3) is 5.91 Å². The van der Waals surface area contributed by atoms with E-state index in [2.05, 4.69) is 49.0 Å². The Labute approximate surface area is 262 Å². The van der Waals surface area contributed by atoms with E-state index in [-0.39, 0.29) is 11.5 Å². The first kappa shape index (κ1) is 32.7. The van der Waals surface area contributed by atoms with Gasteiger partial charge in [-0.15, -0.1) is 0 Å². The Morgan fingerprint density at radius 2 is 1.93 bits per heavy atom. The lowest BCUT2D eigenvalue weighted by Gasteiger charge is -2.49. The quantitative estimate of drug-likeness (QED) is 0.211. The molecule has 1 amide bonds. The molecule has 7 aliphatic rings. The Morgan fingerprint density at radius 3 is 2.65 bits per heavy atom. The van der Waals surface area contributed by atoms with E-state index in [9.17, 15) is 4.79 Å². The number of allylic oxidation sites excluding steroid dienone is 2. The lowest BCUT2D eigenvalue weighted by Crippen LogP contribution is -2.51. The zero-order valence-corrected chi connectivity index (χ0v) is 28.4. The highest BCUT2D eigenvalue weighted by atomic mass is 16.5. The number of fused-ring (bicyclic) bond motifs is 6. The number of hydrogen-bond acceptors (Lipinski definition) is 5. The number of carbonyl (C=O) groups is 2. The van der Waals surface area contributed by atoms with Gasteiger partial charge in [0.05, 0.1) is 17.4 Å². The maximum Gasteiger partial charge on any atom is 0.266 e. The minimum absolute atomic E-state index is 0.0600. The van der Waals surface area contributed by atoms with Gasteiger partial charge in [-0.25, -0.2) is 0 Å². The van der Waals surface area contributed by atoms with Crippen molar-refractivity contribution < 1.29 is 14.3 Å². The predicted octanol–water partition coefficient (Wildman–Crippen LogP) is 6.66. The summed E-state index contributed by atoms with van der Waals surface area (Å²) in [6, 6.07) is 0.496. The third-order valence-electron chi connectivity index (χ3n) is 13.7. The summed E-state index contributed by atoms with van der Waals surface area (Å²) in [4.78, 5) is 23.7. The van der Waals surface area contributed by atoms with Gasteiger partial charge >= 0.3 is 0 Å². The van der Waals surface area contributed by atoms with Crippen LogP contribution < -0.4 is 10.6 Å². The molecule has 4 saturated carbocycles. The van der Waals surface area contributed by atoms with E-state index in [4.69, 9.17) is 9.53 Å². The maximum atomic E-state index is 12.2. The van der Waals surface area contributed by atoms with Gasteiger partial charge in [0.2, 0.25) is 0 Å². The van der Waals surface area contributed by atoms with Crippen molar-refractivity contribution in [3.63, 3.8) is 0 Å². The predicted molar refractivity (Wildman–Crippen MR) is 174 cm³/mol. The van der Waals surface area contributed by atoms with Crippen LogP contribution in [-0.2, 0) is 14.3 Å². The van der Waals surface area contributed by atoms with Gasteiger partial charge in [0.15, 0.2) is 0 Å². The average Bonchev–Trinajstić information content (AvgIpc) is 3.28. The van der Waals surface area contributed by atoms with Gasteiger partial charge in [-0.3, -0.25) is 9.69 Å². The summed E-state index contributed by atoms with van der Waals surface area (Å²) in [7, 11) is 1.75. The Balaban J connectivity index is 0.000000695. The smallest absolute Gasteiger partial charge is 0.266 e. The molecule has 6 nitrogen and oxygen atoms in total. The van der Waals surface area contributed by atoms with Gasteiger partial charge in [0.1, 0.15) is 6.29 Å². The van der Waals surface area contributed by atoms with E-state index in [1.54, 1.807) is 7.05 Å². The SMILES string of the molecule is C=C(NC)C(=O)NCCN1CC(C)CC2OC3(CC[C@H]4C5CCC6=CCCCC6(C)C5CC45CC35C)CC21.CC.CC=O. The lowest BCUT2D eigenvalue weighted by atomic mass is 9.56. The van der Waals surface area contributed by atoms with Gasteiger partial charge in [-0.1, -0.05) is 52.8 Å². The second-order valence-electron chi connectivity index (χ2n) is 15.3. The van der Waals surface area contributed by atoms with E-state index in [0.29, 0.717) is 46.6 Å². The lowest BCUT2D eigenvalue weighted by molar-refractivity contribution is -0.137. The summed E-state index contributed by atoms with van der Waals surface area (Å²) in [5.74, 6) is 3.33. The van der Waals surface area contributed by atoms with Crippen molar-refractivity contribution in [2.45, 2.75) is 130 Å². The Morgan fingerprint density at radius 1 is 1.19 bits per heavy atom. The van der Waals surface area contributed by atoms with Gasteiger partial charge in [-0.05, 0) is 112 Å². The molecule has 2 aliphatic heterocycles. The first-order valence-electron chi connectivity index (χ1n) is 17.7. The molecule has 2 heterocycles. The topological polar surface area (TPSA) is 70.7 Å². The van der Waals surface area contributed by atoms with Gasteiger partial charge in [-0.2, -0.15) is 0 Å². The minimum Gasteiger partial charge on any atom is -0.384 e. The second kappa shape index (κ2) is 12.3. The summed E-state index contributed by atoms with van der Waals surface area (Å²) >= 11 is 0. The highest BCUT2D eigenvalue weighted by Gasteiger charge is 2.83. The van der Waals surface area contributed by atoms with Crippen molar-refractivity contribution in [1.29, 1.82) is 0 Å². The van der Waals surface area contributed by atoms with E-state index < -0.39 is 0 Å². The van der Waals surface area contributed by atoms with Crippen LogP contribution in [0.15, 0.2) is 23.9 Å². The normalized spacial score (nSPS) is 45.2. The third kappa shape index (κ3) is 5.05. The molecule has 6 heteroatoms.